The summed E-state index contributed by atoms with van der Waals surface area (Å²) in [5.74, 6) is 1.67. The number of rotatable bonds is 10. The van der Waals surface area contributed by atoms with Gasteiger partial charge in [0.25, 0.3) is 5.91 Å². The van der Waals surface area contributed by atoms with Gasteiger partial charge in [0.2, 0.25) is 0 Å². The van der Waals surface area contributed by atoms with Gasteiger partial charge in [-0.1, -0.05) is 60.4 Å². The van der Waals surface area contributed by atoms with Crippen LogP contribution in [-0.2, 0) is 5.75 Å². The van der Waals surface area contributed by atoms with Crippen LogP contribution in [-0.4, -0.2) is 39.3 Å². The summed E-state index contributed by atoms with van der Waals surface area (Å²) in [7, 11) is 1.62. The first kappa shape index (κ1) is 25.5. The van der Waals surface area contributed by atoms with Crippen LogP contribution in [0.15, 0.2) is 53.0 Å². The molecule has 0 radical (unpaired) electrons. The summed E-state index contributed by atoms with van der Waals surface area (Å²) < 4.78 is 7.25. The Morgan fingerprint density at radius 1 is 1.20 bits per heavy atom. The first-order chi connectivity index (χ1) is 17.0. The van der Waals surface area contributed by atoms with E-state index in [1.54, 1.807) is 30.7 Å². The molecule has 0 aliphatic heterocycles. The largest absolute Gasteiger partial charge is 0.497 e. The number of nitrogens with one attached hydrogen (secondary N) is 1. The molecule has 1 amide bonds. The zero-order valence-corrected chi connectivity index (χ0v) is 22.3. The van der Waals surface area contributed by atoms with Crippen molar-refractivity contribution in [3.63, 3.8) is 0 Å². The number of hydrogen-bond acceptors (Lipinski definition) is 7. The van der Waals surface area contributed by atoms with Crippen LogP contribution >= 0.6 is 46.3 Å². The quantitative estimate of drug-likeness (QED) is 0.179. The van der Waals surface area contributed by atoms with Crippen molar-refractivity contribution in [1.29, 1.82) is 0 Å². The SMILES string of the molecule is CCCCNC(=O)c1csc(CSc2nnc(-c3cccc(OC)c3)n2-c2cc(Cl)ccc2Cl)n1. The third-order valence-electron chi connectivity index (χ3n) is 5.04. The molecule has 2 aromatic heterocycles. The Morgan fingerprint density at radius 2 is 2.06 bits per heavy atom. The number of carbonyl (C=O) groups is 1. The average Bonchev–Trinajstić information content (AvgIpc) is 3.51. The van der Waals surface area contributed by atoms with E-state index in [1.165, 1.54) is 23.1 Å². The Kier molecular flexibility index (Phi) is 8.67. The molecule has 35 heavy (non-hydrogen) atoms. The molecule has 4 rings (SSSR count). The number of thioether (sulfide) groups is 1. The van der Waals surface area contributed by atoms with Gasteiger partial charge in [-0.05, 0) is 36.8 Å². The smallest absolute Gasteiger partial charge is 0.270 e. The Bertz CT molecular complexity index is 1320. The zero-order valence-electron chi connectivity index (χ0n) is 19.1. The number of hydrogen-bond donors (Lipinski definition) is 1. The highest BCUT2D eigenvalue weighted by Crippen LogP contribution is 2.35. The standard InChI is InChI=1S/C24H23Cl2N5O2S2/c1-3-4-10-27-23(32)19-13-34-21(28-19)14-35-24-30-29-22(15-6-5-7-17(11-15)33-2)31(24)20-12-16(25)8-9-18(20)26/h5-9,11-13H,3-4,10,14H2,1-2H3,(H,27,32). The lowest BCUT2D eigenvalue weighted by Crippen LogP contribution is -2.24. The number of methoxy groups -OCH3 is 1. The Labute approximate surface area is 221 Å². The molecule has 0 spiro atoms. The lowest BCUT2D eigenvalue weighted by atomic mass is 10.2. The minimum atomic E-state index is -0.153. The molecule has 0 unspecified atom stereocenters. The van der Waals surface area contributed by atoms with Gasteiger partial charge in [0.15, 0.2) is 11.0 Å². The normalized spacial score (nSPS) is 11.0. The first-order valence-electron chi connectivity index (χ1n) is 10.9. The lowest BCUT2D eigenvalue weighted by Gasteiger charge is -2.12. The van der Waals surface area contributed by atoms with Gasteiger partial charge in [-0.15, -0.1) is 21.5 Å². The highest BCUT2D eigenvalue weighted by molar-refractivity contribution is 7.98. The average molecular weight is 549 g/mol. The number of halogens is 2. The number of amides is 1. The second-order valence-electron chi connectivity index (χ2n) is 7.49. The van der Waals surface area contributed by atoms with Crippen molar-refractivity contribution in [2.24, 2.45) is 0 Å². The molecule has 1 N–H and O–H groups in total. The van der Waals surface area contributed by atoms with Gasteiger partial charge in [-0.3, -0.25) is 9.36 Å². The number of unbranched alkanes of at least 4 members (excludes halogenated alkanes) is 1. The number of nitrogens with zero attached hydrogens (tertiary/aromatic N) is 4. The molecule has 0 saturated carbocycles. The number of carbonyl (C=O) groups excluding carboxylic acids is 1. The Balaban J connectivity index is 1.63. The number of aromatic nitrogens is 4. The zero-order chi connectivity index (χ0) is 24.8. The van der Waals surface area contributed by atoms with Crippen molar-refractivity contribution in [2.45, 2.75) is 30.7 Å². The van der Waals surface area contributed by atoms with Crippen molar-refractivity contribution in [2.75, 3.05) is 13.7 Å². The second-order valence-corrected chi connectivity index (χ2v) is 10.2. The highest BCUT2D eigenvalue weighted by Gasteiger charge is 2.20. The topological polar surface area (TPSA) is 81.9 Å². The fourth-order valence-electron chi connectivity index (χ4n) is 3.26. The first-order valence-corrected chi connectivity index (χ1v) is 13.5. The molecule has 2 heterocycles. The maximum atomic E-state index is 12.3. The molecule has 7 nitrogen and oxygen atoms in total. The second kappa shape index (κ2) is 11.9. The molecular formula is C24H23Cl2N5O2S2. The summed E-state index contributed by atoms with van der Waals surface area (Å²) in [5, 5.41) is 16.0. The van der Waals surface area contributed by atoms with Crippen molar-refractivity contribution < 1.29 is 9.53 Å². The fraction of sp³-hybridized carbons (Fsp3) is 0.250. The Hall–Kier alpha value is -2.59. The van der Waals surface area contributed by atoms with E-state index in [0.29, 0.717) is 50.5 Å². The van der Waals surface area contributed by atoms with E-state index in [9.17, 15) is 4.79 Å². The van der Waals surface area contributed by atoms with Crippen molar-refractivity contribution in [3.05, 3.63) is 68.6 Å². The third-order valence-corrected chi connectivity index (χ3v) is 7.56. The molecule has 11 heteroatoms. The number of ether oxygens (including phenoxy) is 1. The lowest BCUT2D eigenvalue weighted by molar-refractivity contribution is 0.0948. The summed E-state index contributed by atoms with van der Waals surface area (Å²) in [6, 6.07) is 12.8. The maximum absolute atomic E-state index is 12.3. The van der Waals surface area contributed by atoms with Gasteiger partial charge < -0.3 is 10.1 Å². The maximum Gasteiger partial charge on any atom is 0.270 e. The Morgan fingerprint density at radius 3 is 2.86 bits per heavy atom. The van der Waals surface area contributed by atoms with Gasteiger partial charge in [0.1, 0.15) is 16.5 Å². The molecule has 0 atom stereocenters. The van der Waals surface area contributed by atoms with E-state index in [0.717, 1.165) is 23.4 Å². The third kappa shape index (κ3) is 6.16. The molecular weight excluding hydrogens is 525 g/mol. The predicted octanol–water partition coefficient (Wildman–Crippen LogP) is 6.53. The predicted molar refractivity (Wildman–Crippen MR) is 142 cm³/mol. The van der Waals surface area contributed by atoms with Crippen LogP contribution in [0.4, 0.5) is 0 Å². The van der Waals surface area contributed by atoms with Crippen LogP contribution in [0, 0.1) is 0 Å². The van der Waals surface area contributed by atoms with E-state index in [1.807, 2.05) is 28.8 Å². The summed E-state index contributed by atoms with van der Waals surface area (Å²) in [5.41, 5.74) is 1.91. The van der Waals surface area contributed by atoms with Crippen LogP contribution < -0.4 is 10.1 Å². The van der Waals surface area contributed by atoms with Crippen LogP contribution in [0.2, 0.25) is 10.0 Å². The van der Waals surface area contributed by atoms with Crippen LogP contribution in [0.5, 0.6) is 5.75 Å². The van der Waals surface area contributed by atoms with Gasteiger partial charge in [-0.2, -0.15) is 0 Å². The van der Waals surface area contributed by atoms with E-state index in [4.69, 9.17) is 27.9 Å². The van der Waals surface area contributed by atoms with E-state index in [2.05, 4.69) is 27.4 Å². The van der Waals surface area contributed by atoms with Gasteiger partial charge >= 0.3 is 0 Å². The van der Waals surface area contributed by atoms with Crippen molar-refractivity contribution in [3.8, 4) is 22.8 Å². The van der Waals surface area contributed by atoms with Crippen LogP contribution in [0.1, 0.15) is 35.3 Å². The molecule has 0 saturated heterocycles. The summed E-state index contributed by atoms with van der Waals surface area (Å²) in [4.78, 5) is 16.8. The number of benzene rings is 2. The van der Waals surface area contributed by atoms with Gasteiger partial charge in [0, 0.05) is 22.5 Å². The minimum Gasteiger partial charge on any atom is -0.497 e. The van der Waals surface area contributed by atoms with Gasteiger partial charge in [0.05, 0.1) is 23.6 Å². The monoisotopic (exact) mass is 547 g/mol. The van der Waals surface area contributed by atoms with Crippen molar-refractivity contribution >= 4 is 52.2 Å². The molecule has 0 aliphatic carbocycles. The molecule has 182 valence electrons. The molecule has 0 bridgehead atoms. The van der Waals surface area contributed by atoms with Crippen LogP contribution in [0.3, 0.4) is 0 Å². The molecule has 0 fully saturated rings. The fourth-order valence-corrected chi connectivity index (χ4v) is 5.37. The van der Waals surface area contributed by atoms with Crippen molar-refractivity contribution in [1.82, 2.24) is 25.1 Å². The summed E-state index contributed by atoms with van der Waals surface area (Å²) in [6.45, 7) is 2.73. The van der Waals surface area contributed by atoms with Crippen LogP contribution in [0.25, 0.3) is 17.1 Å². The summed E-state index contributed by atoms with van der Waals surface area (Å²) in [6.07, 6.45) is 1.96. The summed E-state index contributed by atoms with van der Waals surface area (Å²) >= 11 is 15.8. The van der Waals surface area contributed by atoms with E-state index < -0.39 is 0 Å². The van der Waals surface area contributed by atoms with E-state index in [-0.39, 0.29) is 5.91 Å². The minimum absolute atomic E-state index is 0.153. The molecule has 0 aliphatic rings. The number of thiazole rings is 1. The van der Waals surface area contributed by atoms with E-state index >= 15 is 0 Å². The highest BCUT2D eigenvalue weighted by atomic mass is 35.5. The molecule has 4 aromatic rings. The molecule has 2 aromatic carbocycles. The van der Waals surface area contributed by atoms with Gasteiger partial charge in [-0.25, -0.2) is 4.98 Å².